The zero-order valence-electron chi connectivity index (χ0n) is 10.8. The van der Waals surface area contributed by atoms with Crippen LogP contribution in [0.15, 0.2) is 0 Å². The van der Waals surface area contributed by atoms with E-state index in [0.717, 1.165) is 23.8 Å². The van der Waals surface area contributed by atoms with Crippen LogP contribution in [0.5, 0.6) is 0 Å². The summed E-state index contributed by atoms with van der Waals surface area (Å²) in [6.45, 7) is 10.8. The van der Waals surface area contributed by atoms with E-state index in [0.29, 0.717) is 5.92 Å². The first-order valence-corrected chi connectivity index (χ1v) is 5.61. The van der Waals surface area contributed by atoms with Gasteiger partial charge in [0.25, 0.3) is 0 Å². The highest BCUT2D eigenvalue weighted by atomic mass is 15.1. The van der Waals surface area contributed by atoms with Gasteiger partial charge in [-0.3, -0.25) is 0 Å². The standard InChI is InChI=1S/C12H23N3/c1-7-8(2)9-10(13)15(6)11(14-9)12(3,4)5/h8H,7,13H2,1-6H3. The predicted octanol–water partition coefficient (Wildman–Crippen LogP) is 2.81. The molecule has 2 N–H and O–H groups in total. The van der Waals surface area contributed by atoms with Crippen molar-refractivity contribution >= 4 is 5.82 Å². The highest BCUT2D eigenvalue weighted by Gasteiger charge is 2.24. The number of rotatable bonds is 2. The molecule has 1 unspecified atom stereocenters. The molecular weight excluding hydrogens is 186 g/mol. The van der Waals surface area contributed by atoms with Gasteiger partial charge in [0, 0.05) is 18.4 Å². The fourth-order valence-corrected chi connectivity index (χ4v) is 1.76. The van der Waals surface area contributed by atoms with Crippen LogP contribution < -0.4 is 5.73 Å². The fourth-order valence-electron chi connectivity index (χ4n) is 1.76. The maximum Gasteiger partial charge on any atom is 0.126 e. The number of hydrogen-bond acceptors (Lipinski definition) is 2. The average Bonchev–Trinajstić information content (AvgIpc) is 2.42. The van der Waals surface area contributed by atoms with E-state index in [4.69, 9.17) is 5.73 Å². The molecule has 1 aromatic rings. The molecule has 0 amide bonds. The van der Waals surface area contributed by atoms with Crippen LogP contribution in [-0.2, 0) is 12.5 Å². The molecule has 0 saturated carbocycles. The third-order valence-corrected chi connectivity index (χ3v) is 2.92. The second kappa shape index (κ2) is 3.87. The van der Waals surface area contributed by atoms with Crippen LogP contribution in [0.4, 0.5) is 5.82 Å². The Morgan fingerprint density at radius 3 is 2.27 bits per heavy atom. The van der Waals surface area contributed by atoms with Crippen molar-refractivity contribution in [3.63, 3.8) is 0 Å². The topological polar surface area (TPSA) is 43.8 Å². The van der Waals surface area contributed by atoms with Crippen molar-refractivity contribution in [3.8, 4) is 0 Å². The molecule has 1 heterocycles. The molecule has 1 atom stereocenters. The summed E-state index contributed by atoms with van der Waals surface area (Å²) in [5.41, 5.74) is 7.17. The first kappa shape index (κ1) is 12.1. The van der Waals surface area contributed by atoms with E-state index in [1.54, 1.807) is 0 Å². The highest BCUT2D eigenvalue weighted by molar-refractivity contribution is 5.41. The van der Waals surface area contributed by atoms with Crippen LogP contribution in [0.25, 0.3) is 0 Å². The lowest BCUT2D eigenvalue weighted by Crippen LogP contribution is -2.17. The second-order valence-electron chi connectivity index (χ2n) is 5.32. The van der Waals surface area contributed by atoms with Crippen molar-refractivity contribution in [2.45, 2.75) is 52.4 Å². The summed E-state index contributed by atoms with van der Waals surface area (Å²) in [6, 6.07) is 0. The van der Waals surface area contributed by atoms with E-state index < -0.39 is 0 Å². The molecule has 86 valence electrons. The zero-order valence-corrected chi connectivity index (χ0v) is 10.8. The Bertz CT molecular complexity index is 344. The molecule has 0 radical (unpaired) electrons. The predicted molar refractivity (Wildman–Crippen MR) is 65.0 cm³/mol. The Kier molecular flexibility index (Phi) is 3.12. The fraction of sp³-hybridized carbons (Fsp3) is 0.750. The summed E-state index contributed by atoms with van der Waals surface area (Å²) >= 11 is 0. The molecule has 0 aliphatic heterocycles. The lowest BCUT2D eigenvalue weighted by atomic mass is 9.96. The van der Waals surface area contributed by atoms with Crippen molar-refractivity contribution in [1.29, 1.82) is 0 Å². The number of nitrogens with two attached hydrogens (primary N) is 1. The van der Waals surface area contributed by atoms with E-state index in [1.165, 1.54) is 0 Å². The summed E-state index contributed by atoms with van der Waals surface area (Å²) in [6.07, 6.45) is 1.07. The maximum absolute atomic E-state index is 6.08. The van der Waals surface area contributed by atoms with Crippen LogP contribution in [-0.4, -0.2) is 9.55 Å². The van der Waals surface area contributed by atoms with Gasteiger partial charge >= 0.3 is 0 Å². The van der Waals surface area contributed by atoms with E-state index >= 15 is 0 Å². The van der Waals surface area contributed by atoms with Gasteiger partial charge in [0.2, 0.25) is 0 Å². The zero-order chi connectivity index (χ0) is 11.8. The van der Waals surface area contributed by atoms with Crippen molar-refractivity contribution in [1.82, 2.24) is 9.55 Å². The average molecular weight is 209 g/mol. The minimum atomic E-state index is 0.0502. The van der Waals surface area contributed by atoms with Gasteiger partial charge in [-0.2, -0.15) is 0 Å². The van der Waals surface area contributed by atoms with Gasteiger partial charge in [0.05, 0.1) is 5.69 Å². The number of imidazole rings is 1. The Morgan fingerprint density at radius 1 is 1.40 bits per heavy atom. The molecule has 1 aromatic heterocycles. The summed E-state index contributed by atoms with van der Waals surface area (Å²) in [4.78, 5) is 4.69. The quantitative estimate of drug-likeness (QED) is 0.814. The molecule has 0 fully saturated rings. The summed E-state index contributed by atoms with van der Waals surface area (Å²) in [5, 5.41) is 0. The Balaban J connectivity index is 3.24. The minimum absolute atomic E-state index is 0.0502. The number of aromatic nitrogens is 2. The van der Waals surface area contributed by atoms with Crippen molar-refractivity contribution in [3.05, 3.63) is 11.5 Å². The Hall–Kier alpha value is -0.990. The molecule has 0 bridgehead atoms. The van der Waals surface area contributed by atoms with Gasteiger partial charge in [-0.1, -0.05) is 34.6 Å². The summed E-state index contributed by atoms with van der Waals surface area (Å²) < 4.78 is 2.02. The number of hydrogen-bond donors (Lipinski definition) is 1. The maximum atomic E-state index is 6.08. The molecule has 0 aliphatic rings. The largest absolute Gasteiger partial charge is 0.384 e. The molecule has 0 aromatic carbocycles. The monoisotopic (exact) mass is 209 g/mol. The molecule has 1 rings (SSSR count). The third-order valence-electron chi connectivity index (χ3n) is 2.92. The molecule has 0 aliphatic carbocycles. The van der Waals surface area contributed by atoms with Gasteiger partial charge < -0.3 is 10.3 Å². The van der Waals surface area contributed by atoms with Crippen LogP contribution >= 0.6 is 0 Å². The van der Waals surface area contributed by atoms with E-state index in [-0.39, 0.29) is 5.41 Å². The van der Waals surface area contributed by atoms with Crippen LogP contribution in [0.3, 0.4) is 0 Å². The SMILES string of the molecule is CCC(C)c1nc(C(C)(C)C)n(C)c1N. The van der Waals surface area contributed by atoms with Crippen LogP contribution in [0, 0.1) is 0 Å². The second-order valence-corrected chi connectivity index (χ2v) is 5.32. The molecular formula is C12H23N3. The molecule has 0 saturated heterocycles. The van der Waals surface area contributed by atoms with Gasteiger partial charge in [0.1, 0.15) is 11.6 Å². The third kappa shape index (κ3) is 2.16. The van der Waals surface area contributed by atoms with Crippen molar-refractivity contribution in [2.75, 3.05) is 5.73 Å². The minimum Gasteiger partial charge on any atom is -0.384 e. The highest BCUT2D eigenvalue weighted by Crippen LogP contribution is 2.29. The number of anilines is 1. The van der Waals surface area contributed by atoms with Gasteiger partial charge in [-0.15, -0.1) is 0 Å². The lowest BCUT2D eigenvalue weighted by molar-refractivity contribution is 0.522. The normalized spacial score (nSPS) is 14.3. The smallest absolute Gasteiger partial charge is 0.126 e. The Labute approximate surface area is 92.7 Å². The summed E-state index contributed by atoms with van der Waals surface area (Å²) in [5.74, 6) is 2.32. The molecule has 3 nitrogen and oxygen atoms in total. The van der Waals surface area contributed by atoms with Gasteiger partial charge in [-0.05, 0) is 6.42 Å². The summed E-state index contributed by atoms with van der Waals surface area (Å²) in [7, 11) is 1.99. The van der Waals surface area contributed by atoms with Crippen molar-refractivity contribution < 1.29 is 0 Å². The Morgan fingerprint density at radius 2 is 1.93 bits per heavy atom. The van der Waals surface area contributed by atoms with Gasteiger partial charge in [-0.25, -0.2) is 4.98 Å². The van der Waals surface area contributed by atoms with Crippen LogP contribution in [0.1, 0.15) is 58.5 Å². The lowest BCUT2D eigenvalue weighted by Gasteiger charge is -2.17. The first-order chi connectivity index (χ1) is 6.79. The van der Waals surface area contributed by atoms with Crippen LogP contribution in [0.2, 0.25) is 0 Å². The molecule has 15 heavy (non-hydrogen) atoms. The number of nitrogens with zero attached hydrogens (tertiary/aromatic N) is 2. The molecule has 3 heteroatoms. The number of nitrogen functional groups attached to an aromatic ring is 1. The first-order valence-electron chi connectivity index (χ1n) is 5.61. The van der Waals surface area contributed by atoms with Gasteiger partial charge in [0.15, 0.2) is 0 Å². The van der Waals surface area contributed by atoms with E-state index in [2.05, 4.69) is 39.6 Å². The van der Waals surface area contributed by atoms with E-state index in [1.807, 2.05) is 11.6 Å². The molecule has 0 spiro atoms. The van der Waals surface area contributed by atoms with Crippen molar-refractivity contribution in [2.24, 2.45) is 7.05 Å². The van der Waals surface area contributed by atoms with E-state index in [9.17, 15) is 0 Å².